The lowest BCUT2D eigenvalue weighted by molar-refractivity contribution is -0.173. The van der Waals surface area contributed by atoms with E-state index in [4.69, 9.17) is 9.84 Å². The van der Waals surface area contributed by atoms with Crippen LogP contribution < -0.4 is 10.6 Å². The average molecular weight is 376 g/mol. The highest BCUT2D eigenvalue weighted by molar-refractivity contribution is 5.81. The summed E-state index contributed by atoms with van der Waals surface area (Å²) in [6.07, 6.45) is -5.56. The highest BCUT2D eigenvalue weighted by Gasteiger charge is 2.38. The van der Waals surface area contributed by atoms with Gasteiger partial charge in [0, 0.05) is 6.54 Å². The molecule has 1 aromatic carbocycles. The Morgan fingerprint density at radius 1 is 1.12 bits per heavy atom. The summed E-state index contributed by atoms with van der Waals surface area (Å²) in [7, 11) is 0. The first-order chi connectivity index (χ1) is 12.2. The Morgan fingerprint density at radius 3 is 2.35 bits per heavy atom. The van der Waals surface area contributed by atoms with E-state index in [0.717, 1.165) is 5.56 Å². The molecule has 0 aliphatic carbocycles. The molecule has 0 heterocycles. The molecule has 7 nitrogen and oxygen atoms in total. The average Bonchev–Trinajstić information content (AvgIpc) is 2.58. The predicted octanol–water partition coefficient (Wildman–Crippen LogP) is 2.21. The number of alkyl carbamates (subject to hydrolysis) is 1. The van der Waals surface area contributed by atoms with E-state index in [1.165, 1.54) is 0 Å². The van der Waals surface area contributed by atoms with Crippen LogP contribution in [0.3, 0.4) is 0 Å². The number of carboxylic acid groups (broad SMARTS) is 1. The molecule has 144 valence electrons. The summed E-state index contributed by atoms with van der Waals surface area (Å²) in [6, 6.07) is 7.54. The van der Waals surface area contributed by atoms with Gasteiger partial charge in [0.2, 0.25) is 0 Å². The first kappa shape index (κ1) is 21.3. The van der Waals surface area contributed by atoms with Gasteiger partial charge in [-0.3, -0.25) is 4.79 Å². The van der Waals surface area contributed by atoms with Gasteiger partial charge in [0.25, 0.3) is 0 Å². The number of carboxylic acids is 1. The lowest BCUT2D eigenvalue weighted by Gasteiger charge is -2.15. The van der Waals surface area contributed by atoms with Gasteiger partial charge >= 0.3 is 24.1 Å². The normalized spacial score (nSPS) is 12.1. The van der Waals surface area contributed by atoms with Crippen molar-refractivity contribution in [3.8, 4) is 0 Å². The summed E-state index contributed by atoms with van der Waals surface area (Å²) in [6.45, 7) is -0.272. The van der Waals surface area contributed by atoms with E-state index < -0.39 is 30.2 Å². The number of benzene rings is 1. The topological polar surface area (TPSA) is 105 Å². The van der Waals surface area contributed by atoms with E-state index >= 15 is 0 Å². The van der Waals surface area contributed by atoms with Crippen LogP contribution in [0.2, 0.25) is 0 Å². The molecule has 0 aliphatic heterocycles. The standard InChI is InChI=1S/C16H19F3N2O5/c17-16(18,19)14(24)20-9-5-4-8-12(13(22)23)21-15(25)26-10-11-6-2-1-3-7-11/h1-3,6-7,12H,4-5,8-10H2,(H,20,24)(H,21,25)(H,22,23)/t12-/m0/s1. The van der Waals surface area contributed by atoms with E-state index in [1.807, 2.05) is 0 Å². The van der Waals surface area contributed by atoms with Gasteiger partial charge in [0.1, 0.15) is 12.6 Å². The number of amides is 2. The molecule has 0 aromatic heterocycles. The number of rotatable bonds is 9. The van der Waals surface area contributed by atoms with E-state index in [-0.39, 0.29) is 32.4 Å². The van der Waals surface area contributed by atoms with Crippen LogP contribution in [0.25, 0.3) is 0 Å². The van der Waals surface area contributed by atoms with Gasteiger partial charge in [0.05, 0.1) is 0 Å². The van der Waals surface area contributed by atoms with Crippen LogP contribution in [0.15, 0.2) is 30.3 Å². The minimum atomic E-state index is -4.95. The summed E-state index contributed by atoms with van der Waals surface area (Å²) in [5, 5.41) is 12.9. The monoisotopic (exact) mass is 376 g/mol. The number of unbranched alkanes of at least 4 members (excludes halogenated alkanes) is 1. The van der Waals surface area contributed by atoms with Gasteiger partial charge in [-0.1, -0.05) is 30.3 Å². The minimum Gasteiger partial charge on any atom is -0.480 e. The van der Waals surface area contributed by atoms with Crippen LogP contribution >= 0.6 is 0 Å². The fraction of sp³-hybridized carbons (Fsp3) is 0.438. The number of nitrogens with one attached hydrogen (secondary N) is 2. The van der Waals surface area contributed by atoms with Gasteiger partial charge in [-0.25, -0.2) is 9.59 Å². The molecule has 0 radical (unpaired) electrons. The van der Waals surface area contributed by atoms with Crippen molar-refractivity contribution in [1.82, 2.24) is 10.6 Å². The molecule has 3 N–H and O–H groups in total. The smallest absolute Gasteiger partial charge is 0.471 e. The summed E-state index contributed by atoms with van der Waals surface area (Å²) in [5.41, 5.74) is 0.731. The van der Waals surface area contributed by atoms with Crippen molar-refractivity contribution in [2.45, 2.75) is 38.1 Å². The molecule has 0 aliphatic rings. The fourth-order valence-electron chi connectivity index (χ4n) is 1.94. The molecule has 1 atom stereocenters. The lowest BCUT2D eigenvalue weighted by atomic mass is 10.1. The number of carbonyl (C=O) groups excluding carboxylic acids is 2. The Balaban J connectivity index is 2.29. The van der Waals surface area contributed by atoms with Crippen molar-refractivity contribution in [3.63, 3.8) is 0 Å². The molecule has 0 spiro atoms. The Bertz CT molecular complexity index is 608. The fourth-order valence-corrected chi connectivity index (χ4v) is 1.94. The number of halogens is 3. The SMILES string of the molecule is O=C(N[C@@H](CCCCNC(=O)C(F)(F)F)C(=O)O)OCc1ccccc1. The zero-order chi connectivity index (χ0) is 19.6. The molecule has 0 fully saturated rings. The zero-order valence-corrected chi connectivity index (χ0v) is 13.7. The second-order valence-electron chi connectivity index (χ2n) is 5.35. The molecule has 0 unspecified atom stereocenters. The molecule has 26 heavy (non-hydrogen) atoms. The molecular formula is C16H19F3N2O5. The first-order valence-electron chi connectivity index (χ1n) is 7.75. The predicted molar refractivity (Wildman–Crippen MR) is 84.1 cm³/mol. The molecule has 0 saturated carbocycles. The minimum absolute atomic E-state index is 0.0162. The summed E-state index contributed by atoms with van der Waals surface area (Å²) < 4.78 is 40.8. The maximum Gasteiger partial charge on any atom is 0.471 e. The number of hydrogen-bond donors (Lipinski definition) is 3. The van der Waals surface area contributed by atoms with Gasteiger partial charge < -0.3 is 20.5 Å². The number of alkyl halides is 3. The zero-order valence-electron chi connectivity index (χ0n) is 13.7. The van der Waals surface area contributed by atoms with Gasteiger partial charge in [-0.2, -0.15) is 13.2 Å². The van der Waals surface area contributed by atoms with E-state index in [0.29, 0.717) is 0 Å². The van der Waals surface area contributed by atoms with Crippen LogP contribution in [0.4, 0.5) is 18.0 Å². The summed E-state index contributed by atoms with van der Waals surface area (Å²) in [5.74, 6) is -3.34. The van der Waals surface area contributed by atoms with E-state index in [1.54, 1.807) is 35.6 Å². The van der Waals surface area contributed by atoms with Crippen LogP contribution in [-0.4, -0.2) is 41.8 Å². The Morgan fingerprint density at radius 2 is 1.77 bits per heavy atom. The number of ether oxygens (including phenoxy) is 1. The highest BCUT2D eigenvalue weighted by Crippen LogP contribution is 2.14. The summed E-state index contributed by atoms with van der Waals surface area (Å²) >= 11 is 0. The Kier molecular flexibility index (Phi) is 8.40. The first-order valence-corrected chi connectivity index (χ1v) is 7.75. The Labute approximate surface area is 147 Å². The van der Waals surface area contributed by atoms with Crippen molar-refractivity contribution >= 4 is 18.0 Å². The third-order valence-electron chi connectivity index (χ3n) is 3.27. The van der Waals surface area contributed by atoms with Gasteiger partial charge in [-0.15, -0.1) is 0 Å². The largest absolute Gasteiger partial charge is 0.480 e. The van der Waals surface area contributed by atoms with Crippen molar-refractivity contribution < 1.29 is 37.4 Å². The van der Waals surface area contributed by atoms with Crippen molar-refractivity contribution in [3.05, 3.63) is 35.9 Å². The second kappa shape index (κ2) is 10.3. The molecular weight excluding hydrogens is 357 g/mol. The Hall–Kier alpha value is -2.78. The van der Waals surface area contributed by atoms with Crippen LogP contribution in [-0.2, 0) is 20.9 Å². The molecule has 10 heteroatoms. The van der Waals surface area contributed by atoms with E-state index in [2.05, 4.69) is 5.32 Å². The van der Waals surface area contributed by atoms with E-state index in [9.17, 15) is 27.6 Å². The molecule has 0 bridgehead atoms. The number of aliphatic carboxylic acids is 1. The number of hydrogen-bond acceptors (Lipinski definition) is 4. The van der Waals surface area contributed by atoms with Crippen LogP contribution in [0.5, 0.6) is 0 Å². The van der Waals surface area contributed by atoms with Gasteiger partial charge in [0.15, 0.2) is 0 Å². The molecule has 1 rings (SSSR count). The quantitative estimate of drug-likeness (QED) is 0.573. The molecule has 0 saturated heterocycles. The maximum absolute atomic E-state index is 12.0. The third kappa shape index (κ3) is 8.36. The van der Waals surface area contributed by atoms with Crippen molar-refractivity contribution in [2.24, 2.45) is 0 Å². The van der Waals surface area contributed by atoms with Crippen LogP contribution in [0, 0.1) is 0 Å². The number of carbonyl (C=O) groups is 3. The second-order valence-corrected chi connectivity index (χ2v) is 5.35. The van der Waals surface area contributed by atoms with Gasteiger partial charge in [-0.05, 0) is 24.8 Å². The lowest BCUT2D eigenvalue weighted by Crippen LogP contribution is -2.41. The highest BCUT2D eigenvalue weighted by atomic mass is 19.4. The van der Waals surface area contributed by atoms with Crippen LogP contribution in [0.1, 0.15) is 24.8 Å². The van der Waals surface area contributed by atoms with Crippen molar-refractivity contribution in [2.75, 3.05) is 6.54 Å². The maximum atomic E-state index is 12.0. The molecule has 2 amide bonds. The summed E-state index contributed by atoms with van der Waals surface area (Å²) in [4.78, 5) is 33.4. The molecule has 1 aromatic rings. The van der Waals surface area contributed by atoms with Crippen molar-refractivity contribution in [1.29, 1.82) is 0 Å². The third-order valence-corrected chi connectivity index (χ3v) is 3.27.